The van der Waals surface area contributed by atoms with Gasteiger partial charge in [0.2, 0.25) is 0 Å². The summed E-state index contributed by atoms with van der Waals surface area (Å²) in [5, 5.41) is 38.6. The summed E-state index contributed by atoms with van der Waals surface area (Å²) in [5.74, 6) is -13.8. The van der Waals surface area contributed by atoms with Crippen molar-refractivity contribution in [2.24, 2.45) is 35.5 Å². The fraction of sp³-hybridized carbons (Fsp3) is 0.636. The molecule has 232 valence electrons. The van der Waals surface area contributed by atoms with Gasteiger partial charge >= 0.3 is 48.7 Å². The molecule has 1 aliphatic rings. The molecule has 1 aliphatic heterocycles. The third-order valence-electron chi connectivity index (χ3n) is 6.74. The summed E-state index contributed by atoms with van der Waals surface area (Å²) >= 11 is 9.09. The Kier molecular flexibility index (Phi) is 21.0. The molecule has 0 saturated carbocycles. The van der Waals surface area contributed by atoms with Crippen molar-refractivity contribution in [3.05, 3.63) is 0 Å². The molecular formula is C22H27B2LiO13P4S2. The van der Waals surface area contributed by atoms with E-state index in [0.29, 0.717) is 0 Å². The molecule has 10 unspecified atom stereocenters. The summed E-state index contributed by atoms with van der Waals surface area (Å²) in [7, 11) is 6.86. The number of cyclic esters (lactones) is 2. The summed E-state index contributed by atoms with van der Waals surface area (Å²) in [5.41, 5.74) is -3.18. The molecule has 0 aromatic carbocycles. The van der Waals surface area contributed by atoms with Crippen LogP contribution in [0.15, 0.2) is 0 Å². The summed E-state index contributed by atoms with van der Waals surface area (Å²) in [6.07, 6.45) is -1.79. The number of ether oxygens (including phenoxy) is 1. The van der Waals surface area contributed by atoms with Crippen LogP contribution in [0.3, 0.4) is 0 Å². The van der Waals surface area contributed by atoms with E-state index >= 15 is 0 Å². The van der Waals surface area contributed by atoms with Gasteiger partial charge in [0, 0.05) is 42.0 Å². The maximum Gasteiger partial charge on any atom is 1.00 e. The third-order valence-corrected chi connectivity index (χ3v) is 11.1. The van der Waals surface area contributed by atoms with Crippen molar-refractivity contribution in [3.63, 3.8) is 0 Å². The fourth-order valence-electron chi connectivity index (χ4n) is 4.42. The Bertz CT molecular complexity index is 1210. The molecule has 22 heteroatoms. The van der Waals surface area contributed by atoms with Crippen LogP contribution in [0, 0.1) is 35.5 Å². The van der Waals surface area contributed by atoms with Gasteiger partial charge in [-0.25, -0.2) is 0 Å². The third kappa shape index (κ3) is 14.6. The summed E-state index contributed by atoms with van der Waals surface area (Å²) < 4.78 is 19.9. The molecule has 0 aromatic rings. The number of carboxylic acids is 4. The largest absolute Gasteiger partial charge is 1.00 e. The number of carbonyl (C=O) groups is 8. The van der Waals surface area contributed by atoms with Crippen LogP contribution >= 0.6 is 31.5 Å². The van der Waals surface area contributed by atoms with Crippen LogP contribution in [0.5, 0.6) is 0 Å². The zero-order chi connectivity index (χ0) is 35.3. The van der Waals surface area contributed by atoms with E-state index in [1.54, 1.807) is 0 Å². The second-order valence-electron chi connectivity index (χ2n) is 9.39. The van der Waals surface area contributed by atoms with Crippen molar-refractivity contribution in [2.45, 2.75) is 50.8 Å². The Labute approximate surface area is 287 Å². The molecule has 4 radical (unpaired) electrons. The van der Waals surface area contributed by atoms with Crippen molar-refractivity contribution in [3.8, 4) is 0 Å². The standard InChI is InChI=1S/C11H15BO7P2S.C11H13BO6P2S.Li/c1-4(5(10(16)17)2-7(13)14)9(20-12)6(11(18)19)3-8(15)21-22;1-4(5-2-7(13)18-11(5)17)9(19-12)6(10(15)16)3-8(14)20-21;/h4-6,9,20H,2-3H2,1H3,(H,13,14)(H,16,17)(H,18,19);4-6,9,19H,2-3H2,1H3,(H,15,16);/q;;+1/p-1/i20D;19D;. The normalized spacial score (nSPS) is 21.1. The van der Waals surface area contributed by atoms with E-state index in [1.165, 1.54) is 13.8 Å². The number of hydrogen-bond acceptors (Lipinski definition) is 12. The molecule has 0 bridgehead atoms. The molecule has 44 heavy (non-hydrogen) atoms. The first-order chi connectivity index (χ1) is 20.7. The van der Waals surface area contributed by atoms with Gasteiger partial charge in [-0.1, -0.05) is 13.8 Å². The van der Waals surface area contributed by atoms with Crippen LogP contribution in [-0.2, 0) is 66.7 Å². The minimum atomic E-state index is -2.17. The van der Waals surface area contributed by atoms with E-state index < -0.39 is 130 Å². The van der Waals surface area contributed by atoms with Crippen LogP contribution < -0.4 is 24.0 Å². The van der Waals surface area contributed by atoms with Crippen molar-refractivity contribution >= 4 is 117 Å². The number of aliphatic carboxylic acids is 4. The van der Waals surface area contributed by atoms with Gasteiger partial charge < -0.3 is 30.0 Å². The van der Waals surface area contributed by atoms with Crippen molar-refractivity contribution in [1.82, 2.24) is 0 Å². The van der Waals surface area contributed by atoms with E-state index in [2.05, 4.69) is 28.4 Å². The van der Waals surface area contributed by atoms with Gasteiger partial charge in [-0.3, -0.25) is 33.6 Å². The molecule has 0 spiro atoms. The van der Waals surface area contributed by atoms with Crippen LogP contribution in [0.25, 0.3) is 0 Å². The second kappa shape index (κ2) is 22.5. The van der Waals surface area contributed by atoms with E-state index in [0.717, 1.165) is 0 Å². The number of rotatable bonds is 19. The Hall–Kier alpha value is -1.01. The number of carbonyl (C=O) groups excluding carboxylic acids is 5. The summed E-state index contributed by atoms with van der Waals surface area (Å²) in [6.45, 7) is 2.87. The fourth-order valence-corrected chi connectivity index (χ4v) is 7.24. The van der Waals surface area contributed by atoms with E-state index in [-0.39, 0.29) is 40.0 Å². The first kappa shape index (κ1) is 41.0. The molecule has 1 rings (SSSR count). The first-order valence-electron chi connectivity index (χ1n) is 13.0. The Balaban J connectivity index is 0. The first-order valence-corrected chi connectivity index (χ1v) is 18.0. The molecule has 3 N–H and O–H groups in total. The number of carboxylic acid groups (broad SMARTS) is 4. The van der Waals surface area contributed by atoms with Gasteiger partial charge in [0.25, 0.3) is 0 Å². The van der Waals surface area contributed by atoms with E-state index in [1.807, 2.05) is 0 Å². The average molecular weight is 718 g/mol. The van der Waals surface area contributed by atoms with Gasteiger partial charge in [0.05, 0.1) is 30.6 Å². The Morgan fingerprint density at radius 2 is 1.39 bits per heavy atom. The van der Waals surface area contributed by atoms with Crippen molar-refractivity contribution in [1.29, 1.82) is 2.56 Å². The minimum Gasteiger partial charge on any atom is -0.550 e. The molecule has 1 saturated heterocycles. The smallest absolute Gasteiger partial charge is 0.550 e. The average Bonchev–Trinajstić information content (AvgIpc) is 3.27. The van der Waals surface area contributed by atoms with Gasteiger partial charge in [0.15, 0.2) is 11.0 Å². The predicted octanol–water partition coefficient (Wildman–Crippen LogP) is -2.51. The monoisotopic (exact) mass is 718 g/mol. The maximum absolute atomic E-state index is 11.6. The van der Waals surface area contributed by atoms with Gasteiger partial charge in [-0.05, 0) is 46.8 Å². The second-order valence-corrected chi connectivity index (χ2v) is 13.6. The minimum absolute atomic E-state index is 0. The molecule has 0 aliphatic carbocycles. The molecule has 1 heterocycles. The van der Waals surface area contributed by atoms with Crippen molar-refractivity contribution < 1.29 is 82.4 Å². The van der Waals surface area contributed by atoms with Gasteiger partial charge in [0.1, 0.15) is 15.1 Å². The van der Waals surface area contributed by atoms with Gasteiger partial charge in [-0.2, -0.15) is 16.8 Å². The quantitative estimate of drug-likeness (QED) is 0.0543. The van der Waals surface area contributed by atoms with Crippen LogP contribution in [0.2, 0.25) is 0 Å². The molecule has 0 amide bonds. The summed E-state index contributed by atoms with van der Waals surface area (Å²) in [4.78, 5) is 90.6. The molecule has 0 aromatic heterocycles. The SMILES string of the molecule is [2H]P([B])C(C(CC(=O)P=S)C(=O)O)C(C)C(CC(=O)O)C(=O)O.[2H]P([B])C(C(CC(=O)P=S)C(=O)[O-])C(C)C1CC(=O)OC1=O.[Li+]. The van der Waals surface area contributed by atoms with E-state index in [4.69, 9.17) is 22.8 Å². The van der Waals surface area contributed by atoms with Crippen molar-refractivity contribution in [2.75, 3.05) is 0 Å². The zero-order valence-corrected chi connectivity index (χ0v) is 28.8. The Morgan fingerprint density at radius 3 is 1.70 bits per heavy atom. The zero-order valence-electron chi connectivity index (χ0n) is 25.6. The molecule has 1 fully saturated rings. The van der Waals surface area contributed by atoms with Crippen LogP contribution in [-0.4, -0.2) is 91.2 Å². The maximum atomic E-state index is 11.6. The number of esters is 2. The van der Waals surface area contributed by atoms with Crippen LogP contribution in [0.1, 0.15) is 39.5 Å². The number of hydrogen-bond donors (Lipinski definition) is 3. The molecular weight excluding hydrogens is 689 g/mol. The van der Waals surface area contributed by atoms with Crippen LogP contribution in [0.4, 0.5) is 0 Å². The predicted molar refractivity (Wildman–Crippen MR) is 164 cm³/mol. The van der Waals surface area contributed by atoms with E-state index in [9.17, 15) is 53.7 Å². The molecule has 13 nitrogen and oxygen atoms in total. The molecule has 10 atom stereocenters. The topological polar surface area (TPSA) is 230 Å². The Morgan fingerprint density at radius 1 is 0.932 bits per heavy atom. The van der Waals surface area contributed by atoms with Gasteiger partial charge in [-0.15, -0.1) is 0 Å². The summed E-state index contributed by atoms with van der Waals surface area (Å²) in [6, 6.07) is 0.